The second-order valence-corrected chi connectivity index (χ2v) is 10.4. The molecule has 3 N–H and O–H groups in total. The molecular formula is C29H35N5O3. The summed E-state index contributed by atoms with van der Waals surface area (Å²) in [6, 6.07) is 14.1. The molecule has 1 amide bonds. The summed E-state index contributed by atoms with van der Waals surface area (Å²) in [7, 11) is 0. The Kier molecular flexibility index (Phi) is 7.02. The third kappa shape index (κ3) is 5.69. The third-order valence-corrected chi connectivity index (χ3v) is 6.91. The molecule has 5 rings (SSSR count). The summed E-state index contributed by atoms with van der Waals surface area (Å²) < 4.78 is 7.68. The monoisotopic (exact) mass is 501 g/mol. The maximum atomic E-state index is 13.6. The van der Waals surface area contributed by atoms with E-state index in [9.17, 15) is 9.59 Å². The van der Waals surface area contributed by atoms with E-state index in [4.69, 9.17) is 4.74 Å². The Labute approximate surface area is 217 Å². The minimum absolute atomic E-state index is 0.110. The van der Waals surface area contributed by atoms with Gasteiger partial charge in [0.05, 0.1) is 11.2 Å². The molecule has 37 heavy (non-hydrogen) atoms. The highest BCUT2D eigenvalue weighted by Crippen LogP contribution is 2.50. The molecule has 0 unspecified atom stereocenters. The van der Waals surface area contributed by atoms with E-state index < -0.39 is 5.54 Å². The first-order valence-corrected chi connectivity index (χ1v) is 13.1. The van der Waals surface area contributed by atoms with E-state index in [2.05, 4.69) is 40.8 Å². The highest BCUT2D eigenvalue weighted by Gasteiger charge is 2.47. The van der Waals surface area contributed by atoms with Crippen molar-refractivity contribution in [1.82, 2.24) is 20.2 Å². The SMILES string of the molecule is Cc1ccc(C(=O)NC2CC2)cc1-n1ccnc(NC2(c3ccccc3OCCNC(C)C)CC2)c1=O. The molecule has 2 aromatic carbocycles. The first kappa shape index (κ1) is 25.0. The molecule has 2 aliphatic carbocycles. The summed E-state index contributed by atoms with van der Waals surface area (Å²) in [5.74, 6) is 0.990. The van der Waals surface area contributed by atoms with Gasteiger partial charge in [-0.3, -0.25) is 14.2 Å². The number of carbonyl (C=O) groups is 1. The van der Waals surface area contributed by atoms with Crippen LogP contribution >= 0.6 is 0 Å². The van der Waals surface area contributed by atoms with E-state index in [0.717, 1.165) is 49.1 Å². The number of nitrogens with zero attached hydrogens (tertiary/aromatic N) is 2. The number of aryl methyl sites for hydroxylation is 1. The van der Waals surface area contributed by atoms with Crippen LogP contribution in [0.4, 0.5) is 5.82 Å². The molecule has 0 radical (unpaired) electrons. The molecule has 0 bridgehead atoms. The van der Waals surface area contributed by atoms with Gasteiger partial charge >= 0.3 is 0 Å². The Balaban J connectivity index is 1.39. The van der Waals surface area contributed by atoms with Crippen molar-refractivity contribution in [3.8, 4) is 11.4 Å². The van der Waals surface area contributed by atoms with Crippen LogP contribution in [0, 0.1) is 6.92 Å². The number of para-hydroxylation sites is 1. The maximum absolute atomic E-state index is 13.6. The second-order valence-electron chi connectivity index (χ2n) is 10.4. The zero-order valence-electron chi connectivity index (χ0n) is 21.7. The van der Waals surface area contributed by atoms with Gasteiger partial charge in [-0.1, -0.05) is 38.1 Å². The topological polar surface area (TPSA) is 97.3 Å². The number of benzene rings is 2. The minimum Gasteiger partial charge on any atom is -0.492 e. The van der Waals surface area contributed by atoms with Gasteiger partial charge in [0, 0.05) is 42.1 Å². The van der Waals surface area contributed by atoms with E-state index in [-0.39, 0.29) is 23.3 Å². The van der Waals surface area contributed by atoms with Crippen molar-refractivity contribution >= 4 is 11.7 Å². The van der Waals surface area contributed by atoms with Crippen LogP contribution in [0.1, 0.15) is 61.0 Å². The molecule has 0 aliphatic heterocycles. The second kappa shape index (κ2) is 10.4. The summed E-state index contributed by atoms with van der Waals surface area (Å²) >= 11 is 0. The van der Waals surface area contributed by atoms with Crippen LogP contribution in [-0.4, -0.2) is 40.7 Å². The smallest absolute Gasteiger partial charge is 0.297 e. The first-order valence-electron chi connectivity index (χ1n) is 13.1. The standard InChI is InChI=1S/C29H35N5O3/c1-19(2)30-15-17-37-25-7-5-4-6-23(25)29(12-13-29)33-26-28(36)34(16-14-31-26)24-18-21(9-8-20(24)3)27(35)32-22-10-11-22/h4-9,14,16,18-19,22,30H,10-13,15,17H2,1-3H3,(H,31,33)(H,32,35). The van der Waals surface area contributed by atoms with E-state index in [1.54, 1.807) is 29.1 Å². The fraction of sp³-hybridized carbons (Fsp3) is 0.414. The maximum Gasteiger partial charge on any atom is 0.297 e. The quantitative estimate of drug-likeness (QED) is 0.345. The van der Waals surface area contributed by atoms with Gasteiger partial charge in [0.25, 0.3) is 11.5 Å². The van der Waals surface area contributed by atoms with Crippen molar-refractivity contribution in [2.45, 2.75) is 64.1 Å². The van der Waals surface area contributed by atoms with Crippen LogP contribution in [0.5, 0.6) is 5.75 Å². The highest BCUT2D eigenvalue weighted by molar-refractivity contribution is 5.95. The lowest BCUT2D eigenvalue weighted by molar-refractivity contribution is 0.0951. The van der Waals surface area contributed by atoms with Crippen LogP contribution < -0.4 is 26.2 Å². The number of ether oxygens (including phenoxy) is 1. The van der Waals surface area contributed by atoms with Crippen molar-refractivity contribution in [2.24, 2.45) is 0 Å². The Hall–Kier alpha value is -3.65. The van der Waals surface area contributed by atoms with Gasteiger partial charge in [-0.2, -0.15) is 0 Å². The van der Waals surface area contributed by atoms with Gasteiger partial charge in [-0.15, -0.1) is 0 Å². The lowest BCUT2D eigenvalue weighted by Crippen LogP contribution is -2.30. The normalized spacial score (nSPS) is 15.9. The summed E-state index contributed by atoms with van der Waals surface area (Å²) in [6.45, 7) is 7.47. The van der Waals surface area contributed by atoms with Gasteiger partial charge < -0.3 is 20.7 Å². The molecular weight excluding hydrogens is 466 g/mol. The molecule has 2 fully saturated rings. The zero-order valence-corrected chi connectivity index (χ0v) is 21.7. The molecule has 0 saturated heterocycles. The average Bonchev–Trinajstić information content (AvgIpc) is 3.82. The molecule has 0 spiro atoms. The molecule has 0 atom stereocenters. The number of rotatable bonds is 11. The molecule has 3 aromatic rings. The predicted octanol–water partition coefficient (Wildman–Crippen LogP) is 3.91. The van der Waals surface area contributed by atoms with Crippen LogP contribution in [-0.2, 0) is 5.54 Å². The summed E-state index contributed by atoms with van der Waals surface area (Å²) in [4.78, 5) is 30.6. The van der Waals surface area contributed by atoms with Crippen LogP contribution in [0.15, 0.2) is 59.7 Å². The van der Waals surface area contributed by atoms with Crippen molar-refractivity contribution in [3.05, 3.63) is 81.9 Å². The zero-order chi connectivity index (χ0) is 26.0. The first-order chi connectivity index (χ1) is 17.9. The molecule has 8 heteroatoms. The van der Waals surface area contributed by atoms with Gasteiger partial charge in [0.15, 0.2) is 5.82 Å². The Morgan fingerprint density at radius 1 is 1.19 bits per heavy atom. The average molecular weight is 502 g/mol. The van der Waals surface area contributed by atoms with Crippen molar-refractivity contribution in [3.63, 3.8) is 0 Å². The van der Waals surface area contributed by atoms with Crippen molar-refractivity contribution in [1.29, 1.82) is 0 Å². The Morgan fingerprint density at radius 3 is 2.70 bits per heavy atom. The molecule has 194 valence electrons. The Morgan fingerprint density at radius 2 is 1.97 bits per heavy atom. The molecule has 1 heterocycles. The fourth-order valence-corrected chi connectivity index (χ4v) is 4.50. The number of nitrogens with one attached hydrogen (secondary N) is 3. The summed E-state index contributed by atoms with van der Waals surface area (Å²) in [5, 5.41) is 9.83. The van der Waals surface area contributed by atoms with E-state index in [1.165, 1.54) is 0 Å². The van der Waals surface area contributed by atoms with Crippen molar-refractivity contribution in [2.75, 3.05) is 18.5 Å². The van der Waals surface area contributed by atoms with Crippen LogP contribution in [0.25, 0.3) is 5.69 Å². The molecule has 2 saturated carbocycles. The van der Waals surface area contributed by atoms with E-state index in [0.29, 0.717) is 23.9 Å². The number of carbonyl (C=O) groups excluding carboxylic acids is 1. The third-order valence-electron chi connectivity index (χ3n) is 6.91. The van der Waals surface area contributed by atoms with Crippen molar-refractivity contribution < 1.29 is 9.53 Å². The van der Waals surface area contributed by atoms with Gasteiger partial charge in [0.1, 0.15) is 12.4 Å². The Bertz CT molecular complexity index is 1340. The van der Waals surface area contributed by atoms with E-state index >= 15 is 0 Å². The van der Waals surface area contributed by atoms with E-state index in [1.807, 2.05) is 31.2 Å². The highest BCUT2D eigenvalue weighted by atomic mass is 16.5. The number of hydrogen-bond donors (Lipinski definition) is 3. The molecule has 2 aliphatic rings. The van der Waals surface area contributed by atoms with Gasteiger partial charge in [0.2, 0.25) is 0 Å². The number of anilines is 1. The van der Waals surface area contributed by atoms with Gasteiger partial charge in [-0.25, -0.2) is 4.98 Å². The number of aromatic nitrogens is 2. The molecule has 1 aromatic heterocycles. The summed E-state index contributed by atoms with van der Waals surface area (Å²) in [6.07, 6.45) is 7.07. The lowest BCUT2D eigenvalue weighted by atomic mass is 10.0. The number of amides is 1. The minimum atomic E-state index is -0.394. The van der Waals surface area contributed by atoms with Crippen LogP contribution in [0.3, 0.4) is 0 Å². The predicted molar refractivity (Wildman–Crippen MR) is 145 cm³/mol. The van der Waals surface area contributed by atoms with Gasteiger partial charge in [-0.05, 0) is 56.4 Å². The lowest BCUT2D eigenvalue weighted by Gasteiger charge is -2.22. The summed E-state index contributed by atoms with van der Waals surface area (Å²) in [5.41, 5.74) is 2.50. The van der Waals surface area contributed by atoms with Crippen LogP contribution in [0.2, 0.25) is 0 Å². The fourth-order valence-electron chi connectivity index (χ4n) is 4.50. The number of hydrogen-bond acceptors (Lipinski definition) is 6. The molecule has 8 nitrogen and oxygen atoms in total. The largest absolute Gasteiger partial charge is 0.492 e.